The topological polar surface area (TPSA) is 167 Å². The second-order valence-electron chi connectivity index (χ2n) is 8.99. The van der Waals surface area contributed by atoms with Crippen LogP contribution in [0.1, 0.15) is 30.4 Å². The van der Waals surface area contributed by atoms with Crippen molar-refractivity contribution in [3.05, 3.63) is 82.0 Å². The van der Waals surface area contributed by atoms with E-state index >= 15 is 0 Å². The fourth-order valence-electron chi connectivity index (χ4n) is 4.18. The molecule has 10 nitrogen and oxygen atoms in total. The van der Waals surface area contributed by atoms with Crippen LogP contribution in [0.4, 0.5) is 0 Å². The van der Waals surface area contributed by atoms with Crippen LogP contribution in [-0.2, 0) is 9.53 Å². The monoisotopic (exact) mass is 534 g/mol. The number of ether oxygens (including phenoxy) is 2. The highest BCUT2D eigenvalue weighted by atomic mass is 16.5. The van der Waals surface area contributed by atoms with E-state index < -0.39 is 57.2 Å². The SMILES string of the molecule is C=C(C)COc1ccc([C@H](CC(=O)OC)c2c(O)cc(O)c3c(=O)c(O)c(-c4ccc(O)c(O)c4)oc23)cc1. The number of rotatable bonds is 8. The number of esters is 1. The Bertz CT molecular complexity index is 1630. The molecular formula is C29H26O10. The summed E-state index contributed by atoms with van der Waals surface area (Å²) in [5, 5.41) is 51.3. The molecule has 0 saturated carbocycles. The summed E-state index contributed by atoms with van der Waals surface area (Å²) < 4.78 is 16.4. The number of hydrogen-bond acceptors (Lipinski definition) is 10. The molecule has 5 N–H and O–H groups in total. The van der Waals surface area contributed by atoms with Crippen molar-refractivity contribution < 1.29 is 44.2 Å². The van der Waals surface area contributed by atoms with Gasteiger partial charge in [0, 0.05) is 23.1 Å². The minimum Gasteiger partial charge on any atom is -0.507 e. The molecule has 202 valence electrons. The molecule has 0 spiro atoms. The Kier molecular flexibility index (Phi) is 7.39. The van der Waals surface area contributed by atoms with Crippen LogP contribution < -0.4 is 10.2 Å². The van der Waals surface area contributed by atoms with Gasteiger partial charge in [-0.25, -0.2) is 0 Å². The normalized spacial score (nSPS) is 11.7. The highest BCUT2D eigenvalue weighted by molar-refractivity contribution is 5.92. The van der Waals surface area contributed by atoms with E-state index in [1.165, 1.54) is 13.2 Å². The summed E-state index contributed by atoms with van der Waals surface area (Å²) in [7, 11) is 1.20. The van der Waals surface area contributed by atoms with Gasteiger partial charge >= 0.3 is 5.97 Å². The summed E-state index contributed by atoms with van der Waals surface area (Å²) in [6, 6.07) is 11.1. The van der Waals surface area contributed by atoms with Crippen LogP contribution in [0.5, 0.6) is 34.5 Å². The largest absolute Gasteiger partial charge is 0.507 e. The summed E-state index contributed by atoms with van der Waals surface area (Å²) in [6.07, 6.45) is -0.282. The van der Waals surface area contributed by atoms with Crippen LogP contribution in [0.25, 0.3) is 22.3 Å². The lowest BCUT2D eigenvalue weighted by molar-refractivity contribution is -0.140. The van der Waals surface area contributed by atoms with Crippen molar-refractivity contribution in [1.82, 2.24) is 0 Å². The Hall–Kier alpha value is -5.12. The maximum Gasteiger partial charge on any atom is 0.306 e. The lowest BCUT2D eigenvalue weighted by Gasteiger charge is -2.21. The van der Waals surface area contributed by atoms with Gasteiger partial charge in [-0.15, -0.1) is 0 Å². The van der Waals surface area contributed by atoms with Crippen LogP contribution in [0.15, 0.2) is 69.9 Å². The zero-order valence-corrected chi connectivity index (χ0v) is 21.1. The smallest absolute Gasteiger partial charge is 0.306 e. The predicted molar refractivity (Wildman–Crippen MR) is 141 cm³/mol. The number of carbonyl (C=O) groups is 1. The van der Waals surface area contributed by atoms with Gasteiger partial charge in [0.2, 0.25) is 11.2 Å². The van der Waals surface area contributed by atoms with Crippen molar-refractivity contribution in [2.75, 3.05) is 13.7 Å². The van der Waals surface area contributed by atoms with Crippen LogP contribution >= 0.6 is 0 Å². The van der Waals surface area contributed by atoms with Gasteiger partial charge in [0.25, 0.3) is 0 Å². The molecule has 0 fully saturated rings. The van der Waals surface area contributed by atoms with Gasteiger partial charge in [-0.05, 0) is 48.4 Å². The molecule has 1 atom stereocenters. The molecule has 0 amide bonds. The minimum atomic E-state index is -1.02. The molecule has 0 bridgehead atoms. The molecular weight excluding hydrogens is 508 g/mol. The molecule has 4 aromatic rings. The first-order valence-electron chi connectivity index (χ1n) is 11.7. The molecule has 0 aliphatic heterocycles. The fourth-order valence-corrected chi connectivity index (χ4v) is 4.18. The lowest BCUT2D eigenvalue weighted by Crippen LogP contribution is -2.12. The van der Waals surface area contributed by atoms with E-state index in [4.69, 9.17) is 13.9 Å². The maximum atomic E-state index is 13.2. The molecule has 3 aromatic carbocycles. The number of carbonyl (C=O) groups excluding carboxylic acids is 1. The number of phenols is 4. The van der Waals surface area contributed by atoms with E-state index in [2.05, 4.69) is 6.58 Å². The van der Waals surface area contributed by atoms with E-state index in [1.54, 1.807) is 24.3 Å². The zero-order chi connectivity index (χ0) is 28.4. The summed E-state index contributed by atoms with van der Waals surface area (Å²) in [5.41, 5.74) is 0.0284. The summed E-state index contributed by atoms with van der Waals surface area (Å²) in [4.78, 5) is 25.6. The average Bonchev–Trinajstić information content (AvgIpc) is 2.90. The number of phenolic OH excluding ortho intramolecular Hbond substituents is 4. The number of methoxy groups -OCH3 is 1. The first-order valence-corrected chi connectivity index (χ1v) is 11.7. The molecule has 0 aliphatic rings. The Morgan fingerprint density at radius 2 is 1.64 bits per heavy atom. The number of aromatic hydroxyl groups is 5. The van der Waals surface area contributed by atoms with E-state index in [-0.39, 0.29) is 23.1 Å². The van der Waals surface area contributed by atoms with Crippen molar-refractivity contribution in [3.8, 4) is 45.8 Å². The van der Waals surface area contributed by atoms with Crippen molar-refractivity contribution in [2.45, 2.75) is 19.3 Å². The zero-order valence-electron chi connectivity index (χ0n) is 21.1. The Morgan fingerprint density at radius 3 is 2.26 bits per heavy atom. The summed E-state index contributed by atoms with van der Waals surface area (Å²) >= 11 is 0. The van der Waals surface area contributed by atoms with E-state index in [1.807, 2.05) is 6.92 Å². The third-order valence-electron chi connectivity index (χ3n) is 6.09. The standard InChI is InChI=1S/C29H26O10/c1-14(2)13-38-17-7-4-15(5-8-17)18(11-23(34)37-3)24-21(32)12-22(33)25-26(35)27(36)28(39-29(24)25)16-6-9-19(30)20(31)10-16/h4-10,12,18,30-33,36H,1,11,13H2,2-3H3/t18-/m0/s1. The third-order valence-corrected chi connectivity index (χ3v) is 6.09. The number of fused-ring (bicyclic) bond motifs is 1. The van der Waals surface area contributed by atoms with Crippen LogP contribution in [0.3, 0.4) is 0 Å². The van der Waals surface area contributed by atoms with Crippen LogP contribution in [0.2, 0.25) is 0 Å². The van der Waals surface area contributed by atoms with E-state index in [0.717, 1.165) is 23.8 Å². The first-order chi connectivity index (χ1) is 18.5. The van der Waals surface area contributed by atoms with Gasteiger partial charge in [0.1, 0.15) is 34.8 Å². The van der Waals surface area contributed by atoms with Crippen LogP contribution in [-0.4, -0.2) is 45.2 Å². The lowest BCUT2D eigenvalue weighted by atomic mass is 9.86. The molecule has 4 rings (SSSR count). The molecule has 0 unspecified atom stereocenters. The fraction of sp³-hybridized carbons (Fsp3) is 0.172. The molecule has 0 radical (unpaired) electrons. The predicted octanol–water partition coefficient (Wildman–Crippen LogP) is 4.64. The molecule has 0 saturated heterocycles. The third kappa shape index (κ3) is 5.30. The van der Waals surface area contributed by atoms with Crippen molar-refractivity contribution >= 4 is 16.9 Å². The van der Waals surface area contributed by atoms with Crippen molar-refractivity contribution in [2.24, 2.45) is 0 Å². The summed E-state index contributed by atoms with van der Waals surface area (Å²) in [6.45, 7) is 5.91. The average molecular weight is 535 g/mol. The first kappa shape index (κ1) is 26.9. The van der Waals surface area contributed by atoms with Gasteiger partial charge in [-0.1, -0.05) is 18.7 Å². The minimum absolute atomic E-state index is 0.0230. The van der Waals surface area contributed by atoms with Gasteiger partial charge in [-0.2, -0.15) is 0 Å². The highest BCUT2D eigenvalue weighted by Crippen LogP contribution is 2.45. The second-order valence-corrected chi connectivity index (χ2v) is 8.99. The summed E-state index contributed by atoms with van der Waals surface area (Å²) in [5.74, 6) is -4.41. The van der Waals surface area contributed by atoms with Crippen molar-refractivity contribution in [3.63, 3.8) is 0 Å². The number of hydrogen-bond donors (Lipinski definition) is 5. The Labute approximate surface area is 222 Å². The van der Waals surface area contributed by atoms with Gasteiger partial charge in [-0.3, -0.25) is 9.59 Å². The van der Waals surface area contributed by atoms with Gasteiger partial charge in [0.15, 0.2) is 17.3 Å². The Morgan fingerprint density at radius 1 is 0.949 bits per heavy atom. The highest BCUT2D eigenvalue weighted by Gasteiger charge is 2.30. The molecule has 10 heteroatoms. The molecule has 39 heavy (non-hydrogen) atoms. The molecule has 1 heterocycles. The van der Waals surface area contributed by atoms with E-state index in [9.17, 15) is 35.1 Å². The van der Waals surface area contributed by atoms with Gasteiger partial charge < -0.3 is 39.4 Å². The van der Waals surface area contributed by atoms with E-state index in [0.29, 0.717) is 17.9 Å². The van der Waals surface area contributed by atoms with Crippen molar-refractivity contribution in [1.29, 1.82) is 0 Å². The van der Waals surface area contributed by atoms with Gasteiger partial charge in [0.05, 0.1) is 13.5 Å². The molecule has 1 aromatic heterocycles. The maximum absolute atomic E-state index is 13.2. The second kappa shape index (κ2) is 10.7. The Balaban J connectivity index is 1.97. The quantitative estimate of drug-likeness (QED) is 0.122. The molecule has 0 aliphatic carbocycles. The van der Waals surface area contributed by atoms with Crippen LogP contribution in [0, 0.1) is 0 Å². The number of benzene rings is 3.